The zero-order chi connectivity index (χ0) is 14.1. The predicted molar refractivity (Wildman–Crippen MR) is 79.5 cm³/mol. The Morgan fingerprint density at radius 1 is 1.42 bits per heavy atom. The molecule has 0 amide bonds. The average Bonchev–Trinajstić information content (AvgIpc) is 2.41. The van der Waals surface area contributed by atoms with Crippen molar-refractivity contribution in [1.82, 2.24) is 4.90 Å². The molecule has 1 rings (SSSR count). The Hall–Kier alpha value is -1.91. The van der Waals surface area contributed by atoms with Crippen LogP contribution in [0, 0.1) is 23.6 Å². The number of terminal acetylenes is 1. The van der Waals surface area contributed by atoms with E-state index in [0.717, 1.165) is 29.8 Å². The van der Waals surface area contributed by atoms with Gasteiger partial charge >= 0.3 is 0 Å². The molecule has 98 valence electrons. The summed E-state index contributed by atoms with van der Waals surface area (Å²) >= 11 is 0. The maximum absolute atomic E-state index is 8.67. The number of benzene rings is 1. The Balaban J connectivity index is 2.66. The van der Waals surface area contributed by atoms with Gasteiger partial charge in [-0.1, -0.05) is 12.0 Å². The Bertz CT molecular complexity index is 486. The lowest BCUT2D eigenvalue weighted by Gasteiger charge is -2.13. The van der Waals surface area contributed by atoms with E-state index in [1.807, 2.05) is 32.3 Å². The van der Waals surface area contributed by atoms with Crippen molar-refractivity contribution in [2.24, 2.45) is 0 Å². The maximum Gasteiger partial charge on any atom is 0.254 e. The minimum atomic E-state index is 0.490. The maximum atomic E-state index is 8.67. The van der Waals surface area contributed by atoms with Crippen molar-refractivity contribution in [2.75, 3.05) is 27.2 Å². The summed E-state index contributed by atoms with van der Waals surface area (Å²) < 4.78 is 5.80. The number of hydrogen-bond acceptors (Lipinski definition) is 3. The molecule has 0 heterocycles. The van der Waals surface area contributed by atoms with Crippen LogP contribution in [-0.2, 0) is 6.32 Å². The Morgan fingerprint density at radius 2 is 2.21 bits per heavy atom. The topological polar surface area (TPSA) is 36.3 Å². The highest BCUT2D eigenvalue weighted by atomic mass is 16.5. The summed E-state index contributed by atoms with van der Waals surface area (Å²) in [7, 11) is 4.57. The Labute approximate surface area is 116 Å². The number of nitrogens with zero attached hydrogens (tertiary/aromatic N) is 2. The van der Waals surface area contributed by atoms with Crippen LogP contribution >= 0.6 is 0 Å². The lowest BCUT2D eigenvalue weighted by atomic mass is 9.74. The summed E-state index contributed by atoms with van der Waals surface area (Å²) in [6.07, 6.45) is 7.06. The van der Waals surface area contributed by atoms with Gasteiger partial charge in [-0.25, -0.2) is 5.26 Å². The predicted octanol–water partition coefficient (Wildman–Crippen LogP) is 1.42. The third kappa shape index (κ3) is 5.51. The number of ether oxygens (including phenoxy) is 1. The second-order valence-corrected chi connectivity index (χ2v) is 4.63. The van der Waals surface area contributed by atoms with Crippen molar-refractivity contribution in [3.05, 3.63) is 29.3 Å². The average molecular weight is 254 g/mol. The fraction of sp³-hybridized carbons (Fsp3) is 0.400. The van der Waals surface area contributed by atoms with Crippen LogP contribution in [0.2, 0.25) is 0 Å². The molecular formula is C15H19BN2O. The fourth-order valence-electron chi connectivity index (χ4n) is 1.74. The van der Waals surface area contributed by atoms with Gasteiger partial charge in [0, 0.05) is 12.1 Å². The number of hydrogen-bond donors (Lipinski definition) is 0. The van der Waals surface area contributed by atoms with Crippen molar-refractivity contribution in [3.8, 4) is 24.1 Å². The van der Waals surface area contributed by atoms with Crippen LogP contribution in [0.5, 0.6) is 5.75 Å². The molecule has 4 heteroatoms. The first-order valence-corrected chi connectivity index (χ1v) is 6.41. The summed E-state index contributed by atoms with van der Waals surface area (Å²) in [5.41, 5.74) is 1.86. The van der Waals surface area contributed by atoms with Gasteiger partial charge in [0.05, 0.1) is 6.61 Å². The van der Waals surface area contributed by atoms with Gasteiger partial charge in [0.1, 0.15) is 5.75 Å². The summed E-state index contributed by atoms with van der Waals surface area (Å²) in [6.45, 7) is 1.65. The second-order valence-electron chi connectivity index (χ2n) is 4.63. The van der Waals surface area contributed by atoms with Gasteiger partial charge in [0.15, 0.2) is 0 Å². The molecular weight excluding hydrogens is 235 g/mol. The first kappa shape index (κ1) is 15.2. The van der Waals surface area contributed by atoms with Crippen molar-refractivity contribution in [2.45, 2.75) is 12.7 Å². The van der Waals surface area contributed by atoms with Crippen LogP contribution in [0.4, 0.5) is 0 Å². The molecule has 0 aliphatic rings. The number of rotatable bonds is 7. The number of nitriles is 1. The van der Waals surface area contributed by atoms with E-state index in [2.05, 4.69) is 16.8 Å². The molecule has 0 aliphatic carbocycles. The van der Waals surface area contributed by atoms with Gasteiger partial charge in [0.25, 0.3) is 7.28 Å². The van der Waals surface area contributed by atoms with Crippen molar-refractivity contribution in [3.63, 3.8) is 0 Å². The van der Waals surface area contributed by atoms with E-state index in [1.165, 1.54) is 0 Å². The van der Waals surface area contributed by atoms with Crippen molar-refractivity contribution >= 4 is 7.28 Å². The third-order valence-corrected chi connectivity index (χ3v) is 2.75. The summed E-state index contributed by atoms with van der Waals surface area (Å²) in [6, 6.07) is 5.72. The van der Waals surface area contributed by atoms with Crippen LogP contribution in [-0.4, -0.2) is 39.4 Å². The third-order valence-electron chi connectivity index (χ3n) is 2.75. The first-order valence-electron chi connectivity index (χ1n) is 6.41. The molecule has 0 saturated carbocycles. The van der Waals surface area contributed by atoms with E-state index in [9.17, 15) is 0 Å². The quantitative estimate of drug-likeness (QED) is 0.419. The molecule has 1 aromatic carbocycles. The van der Waals surface area contributed by atoms with E-state index in [4.69, 9.17) is 16.4 Å². The lowest BCUT2D eigenvalue weighted by molar-refractivity contribution is 0.280. The van der Waals surface area contributed by atoms with Gasteiger partial charge in [0.2, 0.25) is 0 Å². The summed E-state index contributed by atoms with van der Waals surface area (Å²) in [4.78, 5) is 2.12. The molecule has 0 atom stereocenters. The van der Waals surface area contributed by atoms with Gasteiger partial charge < -0.3 is 9.64 Å². The van der Waals surface area contributed by atoms with Crippen molar-refractivity contribution < 1.29 is 4.74 Å². The van der Waals surface area contributed by atoms with E-state index in [-0.39, 0.29) is 0 Å². The first-order chi connectivity index (χ1) is 9.17. The highest BCUT2D eigenvalue weighted by Crippen LogP contribution is 2.21. The van der Waals surface area contributed by atoms with Crippen LogP contribution in [0.3, 0.4) is 0 Å². The van der Waals surface area contributed by atoms with Gasteiger partial charge in [-0.15, -0.1) is 6.42 Å². The highest BCUT2D eigenvalue weighted by molar-refractivity contribution is 6.44. The van der Waals surface area contributed by atoms with Crippen LogP contribution in [0.15, 0.2) is 18.2 Å². The Morgan fingerprint density at radius 3 is 2.84 bits per heavy atom. The van der Waals surface area contributed by atoms with Crippen LogP contribution in [0.1, 0.15) is 17.5 Å². The van der Waals surface area contributed by atoms with E-state index < -0.39 is 0 Å². The molecule has 0 N–H and O–H groups in total. The fourth-order valence-corrected chi connectivity index (χ4v) is 1.74. The normalized spacial score (nSPS) is 9.74. The van der Waals surface area contributed by atoms with Gasteiger partial charge in [-0.2, -0.15) is 0 Å². The van der Waals surface area contributed by atoms with E-state index >= 15 is 0 Å². The molecule has 0 fully saturated rings. The second kappa shape index (κ2) is 8.24. The molecule has 0 bridgehead atoms. The SMILES string of the molecule is C#Cc1ccc(CBC#N)c(OCCCN(C)C)c1. The largest absolute Gasteiger partial charge is 0.493 e. The standard InChI is InChI=1S/C15H19BN2O/c1-4-13-6-7-14(11-16-12-17)15(10-13)19-9-5-8-18(2)3/h1,6-7,10,16H,5,8-9,11H2,2-3H3. The zero-order valence-corrected chi connectivity index (χ0v) is 11.6. The summed E-state index contributed by atoms with van der Waals surface area (Å²) in [5.74, 6) is 5.57. The molecule has 1 aromatic rings. The zero-order valence-electron chi connectivity index (χ0n) is 11.6. The molecule has 0 radical (unpaired) electrons. The molecule has 0 aliphatic heterocycles. The lowest BCUT2D eigenvalue weighted by Crippen LogP contribution is -2.15. The van der Waals surface area contributed by atoms with Crippen LogP contribution < -0.4 is 4.74 Å². The highest BCUT2D eigenvalue weighted by Gasteiger charge is 2.05. The Kier molecular flexibility index (Phi) is 6.57. The minimum absolute atomic E-state index is 0.490. The smallest absolute Gasteiger partial charge is 0.254 e. The minimum Gasteiger partial charge on any atom is -0.493 e. The van der Waals surface area contributed by atoms with E-state index in [1.54, 1.807) is 0 Å². The molecule has 19 heavy (non-hydrogen) atoms. The monoisotopic (exact) mass is 254 g/mol. The molecule has 0 saturated heterocycles. The molecule has 3 nitrogen and oxygen atoms in total. The van der Waals surface area contributed by atoms with E-state index in [0.29, 0.717) is 20.2 Å². The molecule has 0 unspecified atom stereocenters. The van der Waals surface area contributed by atoms with Gasteiger partial charge in [-0.3, -0.25) is 0 Å². The summed E-state index contributed by atoms with van der Waals surface area (Å²) in [5, 5.41) is 8.67. The van der Waals surface area contributed by atoms with Crippen LogP contribution in [0.25, 0.3) is 0 Å². The van der Waals surface area contributed by atoms with Crippen molar-refractivity contribution in [1.29, 1.82) is 5.26 Å². The van der Waals surface area contributed by atoms with Gasteiger partial charge in [-0.05, 0) is 50.5 Å². The molecule has 0 spiro atoms. The molecule has 0 aromatic heterocycles.